The Bertz CT molecular complexity index is 1170. The lowest BCUT2D eigenvalue weighted by atomic mass is 10.00. The molecule has 0 saturated heterocycles. The first-order valence-electron chi connectivity index (χ1n) is 9.81. The minimum Gasteiger partial charge on any atom is -0.351 e. The third-order valence-electron chi connectivity index (χ3n) is 5.17. The molecule has 2 heterocycles. The number of carbonyl (C=O) groups is 1. The molecular formula is C23H25N5O. The Morgan fingerprint density at radius 2 is 1.86 bits per heavy atom. The van der Waals surface area contributed by atoms with E-state index in [9.17, 15) is 4.79 Å². The Kier molecular flexibility index (Phi) is 5.16. The average molecular weight is 387 g/mol. The van der Waals surface area contributed by atoms with Crippen LogP contribution in [0.5, 0.6) is 0 Å². The summed E-state index contributed by atoms with van der Waals surface area (Å²) in [4.78, 5) is 12.3. The Hall–Kier alpha value is -3.41. The Labute approximate surface area is 170 Å². The van der Waals surface area contributed by atoms with E-state index in [4.69, 9.17) is 0 Å². The van der Waals surface area contributed by atoms with Crippen LogP contribution in [-0.2, 0) is 20.5 Å². The third-order valence-corrected chi connectivity index (χ3v) is 5.17. The van der Waals surface area contributed by atoms with E-state index >= 15 is 0 Å². The van der Waals surface area contributed by atoms with E-state index in [0.29, 0.717) is 12.2 Å². The molecule has 2 aromatic carbocycles. The smallest absolute Gasteiger partial charge is 0.269 e. The highest BCUT2D eigenvalue weighted by molar-refractivity contribution is 5.92. The van der Waals surface area contributed by atoms with Crippen LogP contribution in [0.25, 0.3) is 22.0 Å². The van der Waals surface area contributed by atoms with Crippen LogP contribution < -0.4 is 5.32 Å². The van der Waals surface area contributed by atoms with Crippen molar-refractivity contribution in [1.29, 1.82) is 0 Å². The fourth-order valence-electron chi connectivity index (χ4n) is 3.66. The van der Waals surface area contributed by atoms with Gasteiger partial charge in [0.2, 0.25) is 0 Å². The summed E-state index contributed by atoms with van der Waals surface area (Å²) in [7, 11) is 3.74. The highest BCUT2D eigenvalue weighted by Crippen LogP contribution is 2.25. The van der Waals surface area contributed by atoms with Gasteiger partial charge in [0.15, 0.2) is 0 Å². The quantitative estimate of drug-likeness (QED) is 0.514. The van der Waals surface area contributed by atoms with Gasteiger partial charge in [-0.15, -0.1) is 0 Å². The van der Waals surface area contributed by atoms with Crippen LogP contribution >= 0.6 is 0 Å². The van der Waals surface area contributed by atoms with Crippen molar-refractivity contribution < 1.29 is 4.79 Å². The van der Waals surface area contributed by atoms with Gasteiger partial charge in [-0.1, -0.05) is 30.3 Å². The van der Waals surface area contributed by atoms with Gasteiger partial charge in [0.05, 0.1) is 17.4 Å². The summed E-state index contributed by atoms with van der Waals surface area (Å²) in [5, 5.41) is 12.7. The van der Waals surface area contributed by atoms with Gasteiger partial charge in [-0.25, -0.2) is 0 Å². The molecule has 4 rings (SSSR count). The molecule has 0 spiro atoms. The van der Waals surface area contributed by atoms with Crippen molar-refractivity contribution >= 4 is 16.8 Å². The summed E-state index contributed by atoms with van der Waals surface area (Å²) in [6.45, 7) is 2.52. The number of carbonyl (C=O) groups excluding carboxylic acids is 1. The second kappa shape index (κ2) is 7.91. The number of aromatic nitrogens is 4. The predicted octanol–water partition coefficient (Wildman–Crippen LogP) is 3.64. The fourth-order valence-corrected chi connectivity index (χ4v) is 3.66. The molecule has 0 aliphatic rings. The highest BCUT2D eigenvalue weighted by Gasteiger charge is 2.11. The molecule has 1 amide bonds. The van der Waals surface area contributed by atoms with Gasteiger partial charge in [0, 0.05) is 26.0 Å². The van der Waals surface area contributed by atoms with E-state index < -0.39 is 0 Å². The molecule has 6 nitrogen and oxygen atoms in total. The lowest BCUT2D eigenvalue weighted by molar-refractivity contribution is 0.0944. The van der Waals surface area contributed by atoms with Crippen molar-refractivity contribution in [1.82, 2.24) is 24.9 Å². The van der Waals surface area contributed by atoms with Crippen molar-refractivity contribution in [3.8, 4) is 11.1 Å². The monoisotopic (exact) mass is 387 g/mol. The van der Waals surface area contributed by atoms with Crippen LogP contribution in [0.3, 0.4) is 0 Å². The molecule has 29 heavy (non-hydrogen) atoms. The molecule has 148 valence electrons. The minimum atomic E-state index is -0.0772. The second-order valence-electron chi connectivity index (χ2n) is 7.40. The summed E-state index contributed by atoms with van der Waals surface area (Å²) >= 11 is 0. The number of benzene rings is 2. The number of amides is 1. The summed E-state index contributed by atoms with van der Waals surface area (Å²) in [5.74, 6) is -0.0772. The molecule has 6 heteroatoms. The van der Waals surface area contributed by atoms with E-state index in [0.717, 1.165) is 29.4 Å². The van der Waals surface area contributed by atoms with E-state index in [1.54, 1.807) is 17.8 Å². The molecule has 0 radical (unpaired) electrons. The molecule has 1 N–H and O–H groups in total. The normalized spacial score (nSPS) is 11.1. The number of hydrogen-bond donors (Lipinski definition) is 1. The van der Waals surface area contributed by atoms with Crippen LogP contribution in [0.4, 0.5) is 0 Å². The number of aryl methyl sites for hydroxylation is 4. The molecular weight excluding hydrogens is 362 g/mol. The molecule has 4 aromatic rings. The van der Waals surface area contributed by atoms with Gasteiger partial charge in [-0.3, -0.25) is 14.2 Å². The maximum atomic E-state index is 12.3. The SMILES string of the molecule is Cc1cc(C(=O)NCCCc2cccc(-c3ccc4c(cnn4C)c3)c2)n(C)n1. The molecule has 0 atom stereocenters. The largest absolute Gasteiger partial charge is 0.351 e. The molecule has 2 aromatic heterocycles. The van der Waals surface area contributed by atoms with Crippen LogP contribution in [0.2, 0.25) is 0 Å². The molecule has 0 aliphatic carbocycles. The second-order valence-corrected chi connectivity index (χ2v) is 7.40. The maximum absolute atomic E-state index is 12.3. The third kappa shape index (κ3) is 4.06. The average Bonchev–Trinajstić information content (AvgIpc) is 3.26. The van der Waals surface area contributed by atoms with Gasteiger partial charge in [-0.05, 0) is 54.7 Å². The Morgan fingerprint density at radius 3 is 2.66 bits per heavy atom. The first-order valence-corrected chi connectivity index (χ1v) is 9.81. The summed E-state index contributed by atoms with van der Waals surface area (Å²) in [5.41, 5.74) is 6.22. The van der Waals surface area contributed by atoms with Crippen LogP contribution in [0.1, 0.15) is 28.2 Å². The molecule has 0 saturated carbocycles. The van der Waals surface area contributed by atoms with E-state index in [1.807, 2.05) is 24.9 Å². The fraction of sp³-hybridized carbons (Fsp3) is 0.261. The number of nitrogens with one attached hydrogen (secondary N) is 1. The van der Waals surface area contributed by atoms with E-state index in [-0.39, 0.29) is 5.91 Å². The summed E-state index contributed by atoms with van der Waals surface area (Å²) in [6.07, 6.45) is 3.69. The Morgan fingerprint density at radius 1 is 1.03 bits per heavy atom. The standard InChI is InChI=1S/C23H25N5O/c1-16-12-22(28(3)26-16)23(29)24-11-5-7-17-6-4-8-18(13-17)19-9-10-21-20(14-19)15-25-27(21)2/h4,6,8-10,12-15H,5,7,11H2,1-3H3,(H,24,29). The number of rotatable bonds is 6. The van der Waals surface area contributed by atoms with Crippen molar-refractivity contribution in [2.24, 2.45) is 14.1 Å². The summed E-state index contributed by atoms with van der Waals surface area (Å²) in [6, 6.07) is 16.8. The minimum absolute atomic E-state index is 0.0772. The van der Waals surface area contributed by atoms with Crippen molar-refractivity contribution in [2.75, 3.05) is 6.54 Å². The number of hydrogen-bond acceptors (Lipinski definition) is 3. The first kappa shape index (κ1) is 18.9. The highest BCUT2D eigenvalue weighted by atomic mass is 16.2. The zero-order valence-corrected chi connectivity index (χ0v) is 17.0. The maximum Gasteiger partial charge on any atom is 0.269 e. The molecule has 0 fully saturated rings. The zero-order chi connectivity index (χ0) is 20.4. The van der Waals surface area contributed by atoms with Gasteiger partial charge < -0.3 is 5.32 Å². The zero-order valence-electron chi connectivity index (χ0n) is 17.0. The first-order chi connectivity index (χ1) is 14.0. The van der Waals surface area contributed by atoms with Crippen LogP contribution in [0, 0.1) is 6.92 Å². The van der Waals surface area contributed by atoms with Crippen molar-refractivity contribution in [2.45, 2.75) is 19.8 Å². The van der Waals surface area contributed by atoms with Crippen LogP contribution in [0.15, 0.2) is 54.7 Å². The topological polar surface area (TPSA) is 64.7 Å². The lowest BCUT2D eigenvalue weighted by Crippen LogP contribution is -2.26. The van der Waals surface area contributed by atoms with Gasteiger partial charge >= 0.3 is 0 Å². The van der Waals surface area contributed by atoms with E-state index in [2.05, 4.69) is 58.0 Å². The number of nitrogens with zero attached hydrogens (tertiary/aromatic N) is 4. The summed E-state index contributed by atoms with van der Waals surface area (Å²) < 4.78 is 3.50. The van der Waals surface area contributed by atoms with Gasteiger partial charge in [0.1, 0.15) is 5.69 Å². The van der Waals surface area contributed by atoms with Gasteiger partial charge in [-0.2, -0.15) is 10.2 Å². The molecule has 0 unspecified atom stereocenters. The number of fused-ring (bicyclic) bond motifs is 1. The Balaban J connectivity index is 1.37. The van der Waals surface area contributed by atoms with Crippen molar-refractivity contribution in [3.05, 3.63) is 71.7 Å². The molecule has 0 aliphatic heterocycles. The predicted molar refractivity (Wildman–Crippen MR) is 115 cm³/mol. The van der Waals surface area contributed by atoms with Crippen molar-refractivity contribution in [3.63, 3.8) is 0 Å². The molecule has 0 bridgehead atoms. The van der Waals surface area contributed by atoms with E-state index in [1.165, 1.54) is 16.7 Å². The van der Waals surface area contributed by atoms with Gasteiger partial charge in [0.25, 0.3) is 5.91 Å². The van der Waals surface area contributed by atoms with Crippen LogP contribution in [-0.4, -0.2) is 32.0 Å². The lowest BCUT2D eigenvalue weighted by Gasteiger charge is -2.08.